The van der Waals surface area contributed by atoms with Crippen molar-refractivity contribution in [3.05, 3.63) is 155 Å². The fourth-order valence-corrected chi connectivity index (χ4v) is 4.17. The standard InChI is InChI=1S/C33H28N4O/c1-24-8-16-29(17-9-24)34-36-31-20-12-27(13-21-31)33(38,26-6-4-3-5-7-26)28-14-22-32(23-15-28)37-35-30-18-10-25(2)11-19-30/h3-23,38H,1-2H3. The van der Waals surface area contributed by atoms with Gasteiger partial charge in [-0.2, -0.15) is 20.5 Å². The van der Waals surface area contributed by atoms with Gasteiger partial charge < -0.3 is 5.11 Å². The van der Waals surface area contributed by atoms with Crippen molar-refractivity contribution < 1.29 is 5.11 Å². The molecule has 0 saturated carbocycles. The van der Waals surface area contributed by atoms with Crippen LogP contribution < -0.4 is 0 Å². The highest BCUT2D eigenvalue weighted by atomic mass is 16.3. The van der Waals surface area contributed by atoms with Gasteiger partial charge >= 0.3 is 0 Å². The van der Waals surface area contributed by atoms with E-state index in [1.54, 1.807) is 0 Å². The maximum Gasteiger partial charge on any atom is 0.140 e. The molecule has 5 nitrogen and oxygen atoms in total. The summed E-state index contributed by atoms with van der Waals surface area (Å²) in [4.78, 5) is 0. The number of nitrogens with zero attached hydrogens (tertiary/aromatic N) is 4. The molecule has 0 spiro atoms. The van der Waals surface area contributed by atoms with Crippen LogP contribution in [0.15, 0.2) is 148 Å². The topological polar surface area (TPSA) is 69.7 Å². The Morgan fingerprint density at radius 3 is 1.03 bits per heavy atom. The van der Waals surface area contributed by atoms with E-state index in [2.05, 4.69) is 20.5 Å². The third kappa shape index (κ3) is 5.64. The third-order valence-electron chi connectivity index (χ3n) is 6.39. The summed E-state index contributed by atoms with van der Waals surface area (Å²) in [7, 11) is 0. The average molecular weight is 497 g/mol. The minimum atomic E-state index is -1.36. The Morgan fingerprint density at radius 2 is 0.684 bits per heavy atom. The lowest BCUT2D eigenvalue weighted by Gasteiger charge is -2.30. The molecule has 0 radical (unpaired) electrons. The maximum absolute atomic E-state index is 12.2. The molecule has 5 heteroatoms. The number of hydrogen-bond donors (Lipinski definition) is 1. The Hall–Kier alpha value is -4.74. The quantitative estimate of drug-likeness (QED) is 0.177. The highest BCUT2D eigenvalue weighted by Gasteiger charge is 2.33. The van der Waals surface area contributed by atoms with Gasteiger partial charge in [0.25, 0.3) is 0 Å². The van der Waals surface area contributed by atoms with Gasteiger partial charge in [-0.05, 0) is 79.1 Å². The summed E-state index contributed by atoms with van der Waals surface area (Å²) in [5.74, 6) is 0. The number of rotatable bonds is 7. The highest BCUT2D eigenvalue weighted by molar-refractivity contribution is 5.52. The van der Waals surface area contributed by atoms with Gasteiger partial charge in [0.1, 0.15) is 5.60 Å². The largest absolute Gasteiger partial charge is 0.376 e. The number of azo groups is 2. The van der Waals surface area contributed by atoms with Crippen LogP contribution in [0.25, 0.3) is 0 Å². The summed E-state index contributed by atoms with van der Waals surface area (Å²) in [5.41, 5.74) is 6.21. The first-order valence-electron chi connectivity index (χ1n) is 12.5. The molecule has 186 valence electrons. The number of hydrogen-bond acceptors (Lipinski definition) is 5. The molecule has 0 bridgehead atoms. The van der Waals surface area contributed by atoms with E-state index in [0.717, 1.165) is 28.1 Å². The molecule has 0 aromatic heterocycles. The van der Waals surface area contributed by atoms with Gasteiger partial charge in [0, 0.05) is 0 Å². The minimum Gasteiger partial charge on any atom is -0.376 e. The second kappa shape index (κ2) is 11.1. The molecule has 0 fully saturated rings. The molecule has 0 heterocycles. The number of aliphatic hydroxyl groups is 1. The zero-order valence-electron chi connectivity index (χ0n) is 21.4. The van der Waals surface area contributed by atoms with Crippen molar-refractivity contribution in [2.24, 2.45) is 20.5 Å². The smallest absolute Gasteiger partial charge is 0.140 e. The van der Waals surface area contributed by atoms with E-state index >= 15 is 0 Å². The van der Waals surface area contributed by atoms with Crippen molar-refractivity contribution in [3.63, 3.8) is 0 Å². The molecule has 0 saturated heterocycles. The molecule has 0 atom stereocenters. The number of benzene rings is 5. The van der Waals surface area contributed by atoms with E-state index in [1.165, 1.54) is 11.1 Å². The monoisotopic (exact) mass is 496 g/mol. The van der Waals surface area contributed by atoms with E-state index in [1.807, 2.05) is 141 Å². The van der Waals surface area contributed by atoms with Crippen molar-refractivity contribution in [2.75, 3.05) is 0 Å². The van der Waals surface area contributed by atoms with Gasteiger partial charge in [-0.3, -0.25) is 0 Å². The molecular weight excluding hydrogens is 468 g/mol. The van der Waals surface area contributed by atoms with Crippen LogP contribution in [0.2, 0.25) is 0 Å². The molecule has 0 unspecified atom stereocenters. The lowest BCUT2D eigenvalue weighted by atomic mass is 9.80. The predicted molar refractivity (Wildman–Crippen MR) is 152 cm³/mol. The van der Waals surface area contributed by atoms with Gasteiger partial charge in [-0.15, -0.1) is 0 Å². The van der Waals surface area contributed by atoms with Gasteiger partial charge in [0.05, 0.1) is 22.7 Å². The summed E-state index contributed by atoms with van der Waals surface area (Å²) in [6, 6.07) is 40.4. The Kier molecular flexibility index (Phi) is 7.29. The van der Waals surface area contributed by atoms with E-state index in [0.29, 0.717) is 11.4 Å². The van der Waals surface area contributed by atoms with Crippen LogP contribution in [0, 0.1) is 13.8 Å². The Balaban J connectivity index is 1.43. The molecule has 5 rings (SSSR count). The summed E-state index contributed by atoms with van der Waals surface area (Å²) in [6.07, 6.45) is 0. The zero-order chi connectivity index (χ0) is 26.4. The minimum absolute atomic E-state index is 0.705. The Labute approximate surface area is 222 Å². The molecule has 38 heavy (non-hydrogen) atoms. The average Bonchev–Trinajstić information content (AvgIpc) is 2.97. The molecule has 5 aromatic rings. The van der Waals surface area contributed by atoms with Crippen molar-refractivity contribution in [2.45, 2.75) is 19.4 Å². The van der Waals surface area contributed by atoms with E-state index < -0.39 is 5.60 Å². The summed E-state index contributed by atoms with van der Waals surface area (Å²) >= 11 is 0. The predicted octanol–water partition coefficient (Wildman–Crippen LogP) is 9.42. The van der Waals surface area contributed by atoms with Crippen molar-refractivity contribution in [1.82, 2.24) is 0 Å². The van der Waals surface area contributed by atoms with E-state index in [4.69, 9.17) is 0 Å². The molecular formula is C33H28N4O. The lowest BCUT2D eigenvalue weighted by Crippen LogP contribution is -2.28. The van der Waals surface area contributed by atoms with Crippen LogP contribution in [0.1, 0.15) is 27.8 Å². The summed E-state index contributed by atoms with van der Waals surface area (Å²) in [6.45, 7) is 4.08. The molecule has 0 aliphatic carbocycles. The first-order valence-corrected chi connectivity index (χ1v) is 12.5. The van der Waals surface area contributed by atoms with Gasteiger partial charge in [0.2, 0.25) is 0 Å². The van der Waals surface area contributed by atoms with E-state index in [9.17, 15) is 5.11 Å². The SMILES string of the molecule is Cc1ccc(N=Nc2ccc(C(O)(c3ccccc3)c3ccc(N=Nc4ccc(C)cc4)cc3)cc2)cc1. The molecule has 5 aromatic carbocycles. The van der Waals surface area contributed by atoms with Gasteiger partial charge in [-0.1, -0.05) is 90.0 Å². The van der Waals surface area contributed by atoms with Crippen LogP contribution >= 0.6 is 0 Å². The third-order valence-corrected chi connectivity index (χ3v) is 6.39. The molecule has 0 aliphatic heterocycles. The van der Waals surface area contributed by atoms with Crippen LogP contribution in [-0.4, -0.2) is 5.11 Å². The second-order valence-corrected chi connectivity index (χ2v) is 9.24. The lowest BCUT2D eigenvalue weighted by molar-refractivity contribution is 0.126. The van der Waals surface area contributed by atoms with Crippen LogP contribution in [0.4, 0.5) is 22.7 Å². The highest BCUT2D eigenvalue weighted by Crippen LogP contribution is 2.38. The van der Waals surface area contributed by atoms with E-state index in [-0.39, 0.29) is 0 Å². The molecule has 0 aliphatic rings. The Morgan fingerprint density at radius 1 is 0.395 bits per heavy atom. The van der Waals surface area contributed by atoms with Gasteiger partial charge in [-0.25, -0.2) is 0 Å². The number of aryl methyl sites for hydroxylation is 2. The molecule has 0 amide bonds. The van der Waals surface area contributed by atoms with Crippen LogP contribution in [-0.2, 0) is 5.60 Å². The summed E-state index contributed by atoms with van der Waals surface area (Å²) in [5, 5.41) is 29.5. The Bertz CT molecular complexity index is 1440. The van der Waals surface area contributed by atoms with Crippen molar-refractivity contribution in [3.8, 4) is 0 Å². The zero-order valence-corrected chi connectivity index (χ0v) is 21.4. The first-order chi connectivity index (χ1) is 18.5. The molecule has 1 N–H and O–H groups in total. The normalized spacial score (nSPS) is 13.1. The van der Waals surface area contributed by atoms with Gasteiger partial charge in [0.15, 0.2) is 0 Å². The maximum atomic E-state index is 12.2. The fourth-order valence-electron chi connectivity index (χ4n) is 4.17. The van der Waals surface area contributed by atoms with Crippen molar-refractivity contribution >= 4 is 22.7 Å². The second-order valence-electron chi connectivity index (χ2n) is 9.24. The first kappa shape index (κ1) is 24.9. The van der Waals surface area contributed by atoms with Crippen LogP contribution in [0.3, 0.4) is 0 Å². The van der Waals surface area contributed by atoms with Crippen molar-refractivity contribution in [1.29, 1.82) is 0 Å². The fraction of sp³-hybridized carbons (Fsp3) is 0.0909. The summed E-state index contributed by atoms with van der Waals surface area (Å²) < 4.78 is 0. The van der Waals surface area contributed by atoms with Crippen LogP contribution in [0.5, 0.6) is 0 Å².